The van der Waals surface area contributed by atoms with Gasteiger partial charge in [0, 0.05) is 35.0 Å². The van der Waals surface area contributed by atoms with E-state index in [1.165, 1.54) is 6.07 Å². The highest BCUT2D eigenvalue weighted by molar-refractivity contribution is 7.10. The Bertz CT molecular complexity index is 777. The first-order valence-corrected chi connectivity index (χ1v) is 8.09. The van der Waals surface area contributed by atoms with Crippen molar-refractivity contribution in [2.24, 2.45) is 0 Å². The third kappa shape index (κ3) is 2.62. The molecule has 0 aliphatic heterocycles. The summed E-state index contributed by atoms with van der Waals surface area (Å²) in [5.41, 5.74) is 0.661. The number of rotatable bonds is 3. The molecule has 0 fully saturated rings. The molecule has 22 heavy (non-hydrogen) atoms. The molecule has 2 N–H and O–H groups in total. The Balaban J connectivity index is 1.98. The van der Waals surface area contributed by atoms with Gasteiger partial charge in [-0.2, -0.15) is 0 Å². The summed E-state index contributed by atoms with van der Waals surface area (Å²) in [6, 6.07) is 5.40. The smallest absolute Gasteiger partial charge is 0.261 e. The molecule has 3 rings (SSSR count). The maximum absolute atomic E-state index is 12.4. The van der Waals surface area contributed by atoms with Gasteiger partial charge in [-0.1, -0.05) is 6.07 Å². The highest BCUT2D eigenvalue weighted by atomic mass is 32.1. The predicted octanol–water partition coefficient (Wildman–Crippen LogP) is 2.10. The summed E-state index contributed by atoms with van der Waals surface area (Å²) in [7, 11) is 0. The number of hydrogen-bond acceptors (Lipinski definition) is 4. The Labute approximate surface area is 131 Å². The van der Waals surface area contributed by atoms with Crippen LogP contribution < -0.4 is 10.9 Å². The number of thiophene rings is 1. The Morgan fingerprint density at radius 2 is 2.23 bits per heavy atom. The molecule has 0 bridgehead atoms. The zero-order valence-corrected chi connectivity index (χ0v) is 13.0. The first kappa shape index (κ1) is 14.7. The van der Waals surface area contributed by atoms with Gasteiger partial charge in [0.15, 0.2) is 5.78 Å². The Hall–Kier alpha value is -2.21. The molecule has 2 heterocycles. The number of carbonyl (C=O) groups excluding carboxylic acids is 2. The van der Waals surface area contributed by atoms with Crippen molar-refractivity contribution in [3.05, 3.63) is 55.6 Å². The van der Waals surface area contributed by atoms with E-state index in [0.29, 0.717) is 30.6 Å². The number of H-pyrrole nitrogens is 1. The second-order valence-corrected chi connectivity index (χ2v) is 6.29. The number of pyridine rings is 1. The number of nitrogens with one attached hydrogen (secondary N) is 2. The monoisotopic (exact) mass is 316 g/mol. The van der Waals surface area contributed by atoms with Crippen LogP contribution in [0.1, 0.15) is 50.5 Å². The van der Waals surface area contributed by atoms with E-state index >= 15 is 0 Å². The number of fused-ring (bicyclic) bond motifs is 1. The van der Waals surface area contributed by atoms with E-state index in [4.69, 9.17) is 0 Å². The summed E-state index contributed by atoms with van der Waals surface area (Å²) in [6.07, 6.45) is 1.03. The van der Waals surface area contributed by atoms with Crippen molar-refractivity contribution in [3.8, 4) is 0 Å². The summed E-state index contributed by atoms with van der Waals surface area (Å²) >= 11 is 1.62. The van der Waals surface area contributed by atoms with E-state index in [1.807, 2.05) is 17.5 Å². The lowest BCUT2D eigenvalue weighted by Gasteiger charge is -2.22. The molecule has 1 aliphatic carbocycles. The van der Waals surface area contributed by atoms with Crippen molar-refractivity contribution in [1.82, 2.24) is 10.3 Å². The topological polar surface area (TPSA) is 79.0 Å². The van der Waals surface area contributed by atoms with Crippen LogP contribution in [0.15, 0.2) is 28.4 Å². The normalized spacial score (nSPS) is 17.1. The SMILES string of the molecule is CCNC(=O)c1cc2c([nH]c1=O)CC(c1cccs1)CC2=O. The van der Waals surface area contributed by atoms with Crippen LogP contribution in [0, 0.1) is 0 Å². The average molecular weight is 316 g/mol. The lowest BCUT2D eigenvalue weighted by molar-refractivity contribution is 0.0954. The fourth-order valence-electron chi connectivity index (χ4n) is 2.78. The molecule has 0 spiro atoms. The van der Waals surface area contributed by atoms with Crippen LogP contribution in [0.25, 0.3) is 0 Å². The van der Waals surface area contributed by atoms with Crippen molar-refractivity contribution in [1.29, 1.82) is 0 Å². The van der Waals surface area contributed by atoms with Crippen LogP contribution in [-0.4, -0.2) is 23.2 Å². The standard InChI is InChI=1S/C16H16N2O3S/c1-2-17-15(20)11-8-10-12(18-16(11)21)6-9(7-13(10)19)14-4-3-5-22-14/h3-5,8-9H,2,6-7H2,1H3,(H,17,20)(H,18,21). The van der Waals surface area contributed by atoms with Crippen LogP contribution in [0.2, 0.25) is 0 Å². The number of aromatic amines is 1. The van der Waals surface area contributed by atoms with Crippen molar-refractivity contribution >= 4 is 23.0 Å². The minimum Gasteiger partial charge on any atom is -0.352 e. The third-order valence-corrected chi connectivity index (χ3v) is 4.87. The molecule has 0 aromatic carbocycles. The maximum Gasteiger partial charge on any atom is 0.261 e. The minimum absolute atomic E-state index is 0.00326. The van der Waals surface area contributed by atoms with Crippen molar-refractivity contribution in [2.45, 2.75) is 25.7 Å². The molecule has 2 aromatic heterocycles. The van der Waals surface area contributed by atoms with Gasteiger partial charge in [0.25, 0.3) is 11.5 Å². The lowest BCUT2D eigenvalue weighted by Crippen LogP contribution is -2.32. The Kier molecular flexibility index (Phi) is 3.94. The van der Waals surface area contributed by atoms with E-state index < -0.39 is 11.5 Å². The number of hydrogen-bond donors (Lipinski definition) is 2. The van der Waals surface area contributed by atoms with Crippen LogP contribution >= 0.6 is 11.3 Å². The number of carbonyl (C=O) groups is 2. The molecule has 1 aliphatic rings. The largest absolute Gasteiger partial charge is 0.352 e. The molecule has 114 valence electrons. The number of amides is 1. The average Bonchev–Trinajstić information content (AvgIpc) is 3.00. The fraction of sp³-hybridized carbons (Fsp3) is 0.312. The molecular formula is C16H16N2O3S. The molecule has 5 nitrogen and oxygen atoms in total. The van der Waals surface area contributed by atoms with Gasteiger partial charge in [0.2, 0.25) is 0 Å². The molecule has 0 radical (unpaired) electrons. The zero-order chi connectivity index (χ0) is 15.7. The number of Topliss-reactive ketones (excluding diaryl/α,β-unsaturated/α-hetero) is 1. The van der Waals surface area contributed by atoms with Crippen LogP contribution in [0.3, 0.4) is 0 Å². The summed E-state index contributed by atoms with van der Waals surface area (Å²) in [6.45, 7) is 2.21. The van der Waals surface area contributed by atoms with E-state index in [2.05, 4.69) is 10.3 Å². The van der Waals surface area contributed by atoms with Gasteiger partial charge >= 0.3 is 0 Å². The number of aromatic nitrogens is 1. The summed E-state index contributed by atoms with van der Waals surface area (Å²) in [5, 5.41) is 4.57. The molecule has 1 unspecified atom stereocenters. The van der Waals surface area contributed by atoms with Crippen molar-refractivity contribution in [3.63, 3.8) is 0 Å². The second kappa shape index (κ2) is 5.88. The summed E-state index contributed by atoms with van der Waals surface area (Å²) in [5.74, 6) is -0.368. The van der Waals surface area contributed by atoms with Crippen LogP contribution in [0.5, 0.6) is 0 Å². The molecule has 1 atom stereocenters. The summed E-state index contributed by atoms with van der Waals surface area (Å²) in [4.78, 5) is 40.2. The lowest BCUT2D eigenvalue weighted by atomic mass is 9.84. The maximum atomic E-state index is 12.4. The van der Waals surface area contributed by atoms with Gasteiger partial charge in [-0.3, -0.25) is 14.4 Å². The van der Waals surface area contributed by atoms with Crippen molar-refractivity contribution < 1.29 is 9.59 Å². The first-order chi connectivity index (χ1) is 10.6. The predicted molar refractivity (Wildman–Crippen MR) is 84.8 cm³/mol. The number of ketones is 1. The van der Waals surface area contributed by atoms with Gasteiger partial charge in [-0.25, -0.2) is 0 Å². The van der Waals surface area contributed by atoms with E-state index in [9.17, 15) is 14.4 Å². The van der Waals surface area contributed by atoms with E-state index in [0.717, 1.165) is 4.88 Å². The first-order valence-electron chi connectivity index (χ1n) is 7.21. The highest BCUT2D eigenvalue weighted by Gasteiger charge is 2.29. The van der Waals surface area contributed by atoms with Gasteiger partial charge in [-0.15, -0.1) is 11.3 Å². The van der Waals surface area contributed by atoms with E-state index in [-0.39, 0.29) is 17.3 Å². The second-order valence-electron chi connectivity index (χ2n) is 5.31. The highest BCUT2D eigenvalue weighted by Crippen LogP contribution is 2.33. The Morgan fingerprint density at radius 3 is 2.91 bits per heavy atom. The molecule has 1 amide bonds. The fourth-order valence-corrected chi connectivity index (χ4v) is 3.61. The third-order valence-electron chi connectivity index (χ3n) is 3.83. The molecule has 0 saturated carbocycles. The van der Waals surface area contributed by atoms with Gasteiger partial charge in [0.1, 0.15) is 5.56 Å². The molecule has 6 heteroatoms. The Morgan fingerprint density at radius 1 is 1.41 bits per heavy atom. The minimum atomic E-state index is -0.445. The van der Waals surface area contributed by atoms with Gasteiger partial charge < -0.3 is 10.3 Å². The van der Waals surface area contributed by atoms with Crippen LogP contribution in [0.4, 0.5) is 0 Å². The molecule has 0 saturated heterocycles. The van der Waals surface area contributed by atoms with Crippen molar-refractivity contribution in [2.75, 3.05) is 6.54 Å². The van der Waals surface area contributed by atoms with Gasteiger partial charge in [0.05, 0.1) is 0 Å². The molecular weight excluding hydrogens is 300 g/mol. The molecule has 2 aromatic rings. The van der Waals surface area contributed by atoms with Gasteiger partial charge in [-0.05, 0) is 30.9 Å². The quantitative estimate of drug-likeness (QED) is 0.910. The van der Waals surface area contributed by atoms with E-state index in [1.54, 1.807) is 18.3 Å². The summed E-state index contributed by atoms with van der Waals surface area (Å²) < 4.78 is 0. The van der Waals surface area contributed by atoms with Crippen LogP contribution in [-0.2, 0) is 6.42 Å². The zero-order valence-electron chi connectivity index (χ0n) is 12.1.